The number of methoxy groups -OCH3 is 1. The number of carbonyl (C=O) groups excluding carboxylic acids is 1. The Kier molecular flexibility index (Phi) is 7.36. The van der Waals surface area contributed by atoms with Crippen LogP contribution in [-0.4, -0.2) is 31.1 Å². The summed E-state index contributed by atoms with van der Waals surface area (Å²) in [5.41, 5.74) is 6.26. The van der Waals surface area contributed by atoms with Crippen molar-refractivity contribution in [1.29, 1.82) is 0 Å². The number of hydrogen-bond acceptors (Lipinski definition) is 4. The Bertz CT molecular complexity index is 399. The van der Waals surface area contributed by atoms with E-state index >= 15 is 0 Å². The molecule has 1 atom stereocenters. The van der Waals surface area contributed by atoms with Crippen LogP contribution in [-0.2, 0) is 4.79 Å². The molecule has 1 aromatic carbocycles. The number of anilines is 1. The second kappa shape index (κ2) is 8.82. The normalized spacial score (nSPS) is 11.9. The van der Waals surface area contributed by atoms with Gasteiger partial charge >= 0.3 is 0 Å². The SMILES string of the molecule is COc1ccccc1NC(=O)CCSCC(C)CN. The zero-order chi connectivity index (χ0) is 14.1. The van der Waals surface area contributed by atoms with Crippen molar-refractivity contribution in [2.75, 3.05) is 30.5 Å². The van der Waals surface area contributed by atoms with E-state index in [4.69, 9.17) is 10.5 Å². The maximum absolute atomic E-state index is 11.8. The van der Waals surface area contributed by atoms with Crippen LogP contribution in [0.1, 0.15) is 13.3 Å². The molecule has 0 aliphatic carbocycles. The predicted molar refractivity (Wildman–Crippen MR) is 81.8 cm³/mol. The fraction of sp³-hybridized carbons (Fsp3) is 0.500. The molecule has 0 spiro atoms. The summed E-state index contributed by atoms with van der Waals surface area (Å²) in [5.74, 6) is 3.00. The van der Waals surface area contributed by atoms with E-state index in [9.17, 15) is 4.79 Å². The molecule has 106 valence electrons. The Hall–Kier alpha value is -1.20. The predicted octanol–water partition coefficient (Wildman–Crippen LogP) is 2.35. The monoisotopic (exact) mass is 282 g/mol. The Morgan fingerprint density at radius 2 is 2.21 bits per heavy atom. The Balaban J connectivity index is 2.31. The highest BCUT2D eigenvalue weighted by Gasteiger charge is 2.07. The van der Waals surface area contributed by atoms with Crippen LogP contribution in [0.2, 0.25) is 0 Å². The van der Waals surface area contributed by atoms with Gasteiger partial charge in [-0.05, 0) is 30.3 Å². The summed E-state index contributed by atoms with van der Waals surface area (Å²) < 4.78 is 5.18. The second-order valence-corrected chi connectivity index (χ2v) is 5.56. The van der Waals surface area contributed by atoms with Gasteiger partial charge in [0.1, 0.15) is 5.75 Å². The van der Waals surface area contributed by atoms with Gasteiger partial charge in [0, 0.05) is 12.2 Å². The zero-order valence-corrected chi connectivity index (χ0v) is 12.3. The molecule has 5 heteroatoms. The van der Waals surface area contributed by atoms with Crippen molar-refractivity contribution in [2.24, 2.45) is 11.7 Å². The van der Waals surface area contributed by atoms with E-state index in [1.807, 2.05) is 24.3 Å². The number of nitrogens with one attached hydrogen (secondary N) is 1. The lowest BCUT2D eigenvalue weighted by atomic mass is 10.2. The molecule has 0 aromatic heterocycles. The summed E-state index contributed by atoms with van der Waals surface area (Å²) in [4.78, 5) is 11.8. The van der Waals surface area contributed by atoms with Gasteiger partial charge in [-0.15, -0.1) is 0 Å². The van der Waals surface area contributed by atoms with E-state index in [1.165, 1.54) is 0 Å². The lowest BCUT2D eigenvalue weighted by Crippen LogP contribution is -2.15. The molecule has 4 nitrogen and oxygen atoms in total. The summed E-state index contributed by atoms with van der Waals surface area (Å²) in [5, 5.41) is 2.86. The molecule has 1 amide bonds. The first-order chi connectivity index (χ1) is 9.17. The number of nitrogens with two attached hydrogens (primary N) is 1. The molecule has 19 heavy (non-hydrogen) atoms. The average molecular weight is 282 g/mol. The van der Waals surface area contributed by atoms with E-state index in [0.717, 1.165) is 17.2 Å². The number of para-hydroxylation sites is 2. The standard InChI is InChI=1S/C14H22N2O2S/c1-11(9-15)10-19-8-7-14(17)16-12-5-3-4-6-13(12)18-2/h3-6,11H,7-10,15H2,1-2H3,(H,16,17). The fourth-order valence-electron chi connectivity index (χ4n) is 1.48. The van der Waals surface area contributed by atoms with Crippen LogP contribution in [0.5, 0.6) is 5.75 Å². The third-order valence-corrected chi connectivity index (χ3v) is 3.96. The number of amides is 1. The van der Waals surface area contributed by atoms with E-state index in [1.54, 1.807) is 18.9 Å². The van der Waals surface area contributed by atoms with Crippen molar-refractivity contribution in [3.8, 4) is 5.75 Å². The van der Waals surface area contributed by atoms with Crippen LogP contribution in [0.25, 0.3) is 0 Å². The van der Waals surface area contributed by atoms with Gasteiger partial charge in [-0.25, -0.2) is 0 Å². The minimum atomic E-state index is 0.0115. The number of ether oxygens (including phenoxy) is 1. The van der Waals surface area contributed by atoms with Gasteiger partial charge in [0.2, 0.25) is 5.91 Å². The fourth-order valence-corrected chi connectivity index (χ4v) is 2.51. The summed E-state index contributed by atoms with van der Waals surface area (Å²) in [6.07, 6.45) is 0.500. The highest BCUT2D eigenvalue weighted by molar-refractivity contribution is 7.99. The van der Waals surface area contributed by atoms with Crippen molar-refractivity contribution in [3.05, 3.63) is 24.3 Å². The molecule has 0 radical (unpaired) electrons. The first-order valence-corrected chi connectivity index (χ1v) is 7.53. The van der Waals surface area contributed by atoms with Crippen LogP contribution < -0.4 is 15.8 Å². The van der Waals surface area contributed by atoms with E-state index in [0.29, 0.717) is 24.6 Å². The van der Waals surface area contributed by atoms with Gasteiger partial charge in [0.25, 0.3) is 0 Å². The molecule has 0 saturated heterocycles. The summed E-state index contributed by atoms with van der Waals surface area (Å²) in [6, 6.07) is 7.40. The Morgan fingerprint density at radius 1 is 1.47 bits per heavy atom. The molecule has 1 unspecified atom stereocenters. The highest BCUT2D eigenvalue weighted by Crippen LogP contribution is 2.23. The van der Waals surface area contributed by atoms with Gasteiger partial charge in [0.15, 0.2) is 0 Å². The first-order valence-electron chi connectivity index (χ1n) is 6.38. The van der Waals surface area contributed by atoms with Crippen molar-refractivity contribution < 1.29 is 9.53 Å². The minimum Gasteiger partial charge on any atom is -0.495 e. The number of hydrogen-bond donors (Lipinski definition) is 2. The lowest BCUT2D eigenvalue weighted by molar-refractivity contribution is -0.115. The van der Waals surface area contributed by atoms with Gasteiger partial charge in [-0.1, -0.05) is 19.1 Å². The third kappa shape index (κ3) is 5.98. The van der Waals surface area contributed by atoms with E-state index in [2.05, 4.69) is 12.2 Å². The first kappa shape index (κ1) is 15.9. The summed E-state index contributed by atoms with van der Waals surface area (Å²) >= 11 is 1.76. The molecule has 0 saturated carbocycles. The largest absolute Gasteiger partial charge is 0.495 e. The molecular formula is C14H22N2O2S. The Morgan fingerprint density at radius 3 is 2.89 bits per heavy atom. The molecule has 0 bridgehead atoms. The van der Waals surface area contributed by atoms with Gasteiger partial charge in [-0.3, -0.25) is 4.79 Å². The van der Waals surface area contributed by atoms with Crippen LogP contribution in [0.15, 0.2) is 24.3 Å². The van der Waals surface area contributed by atoms with Crippen molar-refractivity contribution in [1.82, 2.24) is 0 Å². The molecule has 0 aliphatic heterocycles. The topological polar surface area (TPSA) is 64.3 Å². The maximum atomic E-state index is 11.8. The van der Waals surface area contributed by atoms with Gasteiger partial charge in [-0.2, -0.15) is 11.8 Å². The zero-order valence-electron chi connectivity index (χ0n) is 11.5. The average Bonchev–Trinajstić information content (AvgIpc) is 2.43. The summed E-state index contributed by atoms with van der Waals surface area (Å²) in [6.45, 7) is 2.81. The van der Waals surface area contributed by atoms with Crippen molar-refractivity contribution in [2.45, 2.75) is 13.3 Å². The quantitative estimate of drug-likeness (QED) is 0.718. The molecule has 3 N–H and O–H groups in total. The Labute approximate surface area is 119 Å². The van der Waals surface area contributed by atoms with Crippen LogP contribution >= 0.6 is 11.8 Å². The maximum Gasteiger partial charge on any atom is 0.225 e. The highest BCUT2D eigenvalue weighted by atomic mass is 32.2. The number of thioether (sulfide) groups is 1. The summed E-state index contributed by atoms with van der Waals surface area (Å²) in [7, 11) is 1.59. The van der Waals surface area contributed by atoms with Gasteiger partial charge in [0.05, 0.1) is 12.8 Å². The van der Waals surface area contributed by atoms with E-state index < -0.39 is 0 Å². The van der Waals surface area contributed by atoms with Crippen molar-refractivity contribution in [3.63, 3.8) is 0 Å². The molecule has 0 fully saturated rings. The molecule has 1 aromatic rings. The number of carbonyl (C=O) groups is 1. The van der Waals surface area contributed by atoms with Crippen molar-refractivity contribution >= 4 is 23.4 Å². The molecule has 0 heterocycles. The molecule has 0 aliphatic rings. The third-order valence-electron chi connectivity index (χ3n) is 2.66. The van der Waals surface area contributed by atoms with Crippen LogP contribution in [0.3, 0.4) is 0 Å². The van der Waals surface area contributed by atoms with Crippen LogP contribution in [0.4, 0.5) is 5.69 Å². The van der Waals surface area contributed by atoms with Crippen LogP contribution in [0, 0.1) is 5.92 Å². The van der Waals surface area contributed by atoms with E-state index in [-0.39, 0.29) is 5.91 Å². The lowest BCUT2D eigenvalue weighted by Gasteiger charge is -2.10. The number of rotatable bonds is 8. The van der Waals surface area contributed by atoms with Gasteiger partial charge < -0.3 is 15.8 Å². The minimum absolute atomic E-state index is 0.0115. The smallest absolute Gasteiger partial charge is 0.225 e. The second-order valence-electron chi connectivity index (χ2n) is 4.41. The molecule has 1 rings (SSSR count). The molecular weight excluding hydrogens is 260 g/mol. The number of benzene rings is 1.